The molecule has 6 heteroatoms. The predicted octanol–water partition coefficient (Wildman–Crippen LogP) is 2.81. The summed E-state index contributed by atoms with van der Waals surface area (Å²) in [5.74, 6) is -0.625. The molecule has 0 bridgehead atoms. The third-order valence-corrected chi connectivity index (χ3v) is 5.58. The number of hydrogen-bond donors (Lipinski definition) is 2. The summed E-state index contributed by atoms with van der Waals surface area (Å²) in [5.41, 5.74) is 0.570. The Morgan fingerprint density at radius 1 is 1.33 bits per heavy atom. The normalized spacial score (nSPS) is 17.3. The van der Waals surface area contributed by atoms with E-state index < -0.39 is 12.0 Å². The smallest absolute Gasteiger partial charge is 0.310 e. The Balaban J connectivity index is 1.93. The monoisotopic (exact) mass is 445 g/mol. The van der Waals surface area contributed by atoms with Gasteiger partial charge < -0.3 is 15.2 Å². The van der Waals surface area contributed by atoms with Crippen LogP contribution in [0, 0.1) is 15.4 Å². The van der Waals surface area contributed by atoms with Crippen LogP contribution in [0.5, 0.6) is 0 Å². The first-order valence-electron chi connectivity index (χ1n) is 8.31. The van der Waals surface area contributed by atoms with E-state index in [0.29, 0.717) is 11.5 Å². The Kier molecular flexibility index (Phi) is 7.48. The fourth-order valence-corrected chi connectivity index (χ4v) is 3.92. The second-order valence-corrected chi connectivity index (χ2v) is 7.44. The summed E-state index contributed by atoms with van der Waals surface area (Å²) in [7, 11) is 1.37. The fourth-order valence-electron chi connectivity index (χ4n) is 3.24. The van der Waals surface area contributed by atoms with Crippen molar-refractivity contribution in [1.29, 1.82) is 0 Å². The second kappa shape index (κ2) is 9.36. The Hall–Kier alpha value is -1.15. The van der Waals surface area contributed by atoms with Gasteiger partial charge in [-0.1, -0.05) is 43.9 Å². The molecular weight excluding hydrogens is 421 g/mol. The minimum absolute atomic E-state index is 0.197. The van der Waals surface area contributed by atoms with Crippen molar-refractivity contribution in [2.24, 2.45) is 11.8 Å². The molecule has 1 aromatic carbocycles. The van der Waals surface area contributed by atoms with Crippen LogP contribution in [0.1, 0.15) is 43.8 Å². The number of carbonyl (C=O) groups excluding carboxylic acids is 2. The molecular formula is C18H24INO4. The minimum atomic E-state index is -1.23. The van der Waals surface area contributed by atoms with Gasteiger partial charge in [0.2, 0.25) is 0 Å². The van der Waals surface area contributed by atoms with Crippen LogP contribution in [0.3, 0.4) is 0 Å². The predicted molar refractivity (Wildman–Crippen MR) is 99.2 cm³/mol. The van der Waals surface area contributed by atoms with E-state index in [1.807, 2.05) is 12.1 Å². The van der Waals surface area contributed by atoms with Gasteiger partial charge in [-0.2, -0.15) is 0 Å². The van der Waals surface area contributed by atoms with Crippen LogP contribution >= 0.6 is 22.6 Å². The number of nitrogens with one attached hydrogen (secondary N) is 1. The first kappa shape index (κ1) is 19.2. The molecule has 1 saturated carbocycles. The largest absolute Gasteiger partial charge is 0.469 e. The van der Waals surface area contributed by atoms with Crippen molar-refractivity contribution in [2.45, 2.75) is 38.2 Å². The molecule has 1 fully saturated rings. The highest BCUT2D eigenvalue weighted by atomic mass is 127. The van der Waals surface area contributed by atoms with Crippen molar-refractivity contribution in [2.75, 3.05) is 13.7 Å². The first-order chi connectivity index (χ1) is 11.5. The van der Waals surface area contributed by atoms with E-state index in [0.717, 1.165) is 22.8 Å². The number of benzene rings is 1. The average Bonchev–Trinajstić information content (AvgIpc) is 3.10. The topological polar surface area (TPSA) is 75.6 Å². The van der Waals surface area contributed by atoms with Crippen LogP contribution in [0.25, 0.3) is 0 Å². The van der Waals surface area contributed by atoms with Crippen molar-refractivity contribution in [3.63, 3.8) is 0 Å². The summed E-state index contributed by atoms with van der Waals surface area (Å²) >= 11 is 2.09. The van der Waals surface area contributed by atoms with E-state index in [9.17, 15) is 14.7 Å². The number of aliphatic hydroxyl groups excluding tert-OH is 1. The average molecular weight is 445 g/mol. The maximum Gasteiger partial charge on any atom is 0.310 e. The van der Waals surface area contributed by atoms with Crippen molar-refractivity contribution in [1.82, 2.24) is 5.32 Å². The molecule has 132 valence electrons. The number of carbonyl (C=O) groups is 2. The SMILES string of the molecule is COC(=O)C(CNC(=O)C(O)c1ccccc1I)CC1CCCC1. The quantitative estimate of drug-likeness (QED) is 0.500. The molecule has 24 heavy (non-hydrogen) atoms. The summed E-state index contributed by atoms with van der Waals surface area (Å²) in [6, 6.07) is 7.20. The van der Waals surface area contributed by atoms with Crippen molar-refractivity contribution >= 4 is 34.5 Å². The van der Waals surface area contributed by atoms with Gasteiger partial charge in [0.15, 0.2) is 6.10 Å². The Morgan fingerprint density at radius 3 is 2.62 bits per heavy atom. The molecule has 1 amide bonds. The second-order valence-electron chi connectivity index (χ2n) is 6.28. The zero-order chi connectivity index (χ0) is 17.5. The Morgan fingerprint density at radius 2 is 2.00 bits per heavy atom. The van der Waals surface area contributed by atoms with Gasteiger partial charge in [0, 0.05) is 15.7 Å². The summed E-state index contributed by atoms with van der Waals surface area (Å²) in [5, 5.41) is 12.9. The van der Waals surface area contributed by atoms with Gasteiger partial charge in [0.25, 0.3) is 5.91 Å². The van der Waals surface area contributed by atoms with Gasteiger partial charge in [-0.3, -0.25) is 9.59 Å². The van der Waals surface area contributed by atoms with E-state index in [1.54, 1.807) is 12.1 Å². The van der Waals surface area contributed by atoms with Crippen molar-refractivity contribution in [3.05, 3.63) is 33.4 Å². The van der Waals surface area contributed by atoms with Crippen molar-refractivity contribution in [3.8, 4) is 0 Å². The molecule has 0 spiro atoms. The number of amides is 1. The van der Waals surface area contributed by atoms with Gasteiger partial charge in [0.1, 0.15) is 0 Å². The number of rotatable bonds is 7. The molecule has 0 radical (unpaired) electrons. The Labute approximate surface area is 156 Å². The van der Waals surface area contributed by atoms with E-state index in [-0.39, 0.29) is 18.4 Å². The number of ether oxygens (including phenoxy) is 1. The highest BCUT2D eigenvalue weighted by molar-refractivity contribution is 14.1. The van der Waals surface area contributed by atoms with Crippen LogP contribution in [-0.2, 0) is 14.3 Å². The first-order valence-corrected chi connectivity index (χ1v) is 9.38. The molecule has 0 heterocycles. The van der Waals surface area contributed by atoms with E-state index in [2.05, 4.69) is 27.9 Å². The van der Waals surface area contributed by atoms with Gasteiger partial charge in [-0.05, 0) is 41.0 Å². The molecule has 0 aromatic heterocycles. The van der Waals surface area contributed by atoms with E-state index >= 15 is 0 Å². The summed E-state index contributed by atoms with van der Waals surface area (Å²) in [6.45, 7) is 0.197. The highest BCUT2D eigenvalue weighted by Gasteiger charge is 2.27. The molecule has 2 N–H and O–H groups in total. The van der Waals surface area contributed by atoms with Crippen LogP contribution in [0.4, 0.5) is 0 Å². The third kappa shape index (κ3) is 5.17. The molecule has 0 aliphatic heterocycles. The molecule has 2 atom stereocenters. The van der Waals surface area contributed by atoms with E-state index in [4.69, 9.17) is 4.74 Å². The lowest BCUT2D eigenvalue weighted by molar-refractivity contribution is -0.146. The van der Waals surface area contributed by atoms with Gasteiger partial charge in [-0.15, -0.1) is 0 Å². The standard InChI is InChI=1S/C18H24INO4/c1-24-18(23)13(10-12-6-2-3-7-12)11-20-17(22)16(21)14-8-4-5-9-15(14)19/h4-5,8-9,12-13,16,21H,2-3,6-7,10-11H2,1H3,(H,20,22). The number of hydrogen-bond acceptors (Lipinski definition) is 4. The van der Waals surface area contributed by atoms with Gasteiger partial charge in [-0.25, -0.2) is 0 Å². The third-order valence-electron chi connectivity index (χ3n) is 4.60. The molecule has 0 saturated heterocycles. The highest BCUT2D eigenvalue weighted by Crippen LogP contribution is 2.30. The number of aliphatic hydroxyl groups is 1. The number of halogens is 1. The zero-order valence-electron chi connectivity index (χ0n) is 13.8. The van der Waals surface area contributed by atoms with E-state index in [1.165, 1.54) is 20.0 Å². The minimum Gasteiger partial charge on any atom is -0.469 e. The zero-order valence-corrected chi connectivity index (χ0v) is 16.0. The lowest BCUT2D eigenvalue weighted by atomic mass is 9.93. The van der Waals surface area contributed by atoms with Gasteiger partial charge >= 0.3 is 5.97 Å². The lowest BCUT2D eigenvalue weighted by Gasteiger charge is -2.20. The lowest BCUT2D eigenvalue weighted by Crippen LogP contribution is -2.37. The molecule has 1 aliphatic carbocycles. The molecule has 2 rings (SSSR count). The van der Waals surface area contributed by atoms with Crippen LogP contribution in [0.2, 0.25) is 0 Å². The maximum absolute atomic E-state index is 12.2. The molecule has 5 nitrogen and oxygen atoms in total. The Bertz CT molecular complexity index is 572. The molecule has 1 aromatic rings. The van der Waals surface area contributed by atoms with Gasteiger partial charge in [0.05, 0.1) is 13.0 Å². The summed E-state index contributed by atoms with van der Waals surface area (Å²) < 4.78 is 5.69. The van der Waals surface area contributed by atoms with Crippen molar-refractivity contribution < 1.29 is 19.4 Å². The molecule has 1 aliphatic rings. The fraction of sp³-hybridized carbons (Fsp3) is 0.556. The maximum atomic E-state index is 12.2. The van der Waals surface area contributed by atoms with Crippen LogP contribution < -0.4 is 5.32 Å². The number of esters is 1. The molecule has 2 unspecified atom stereocenters. The van der Waals surface area contributed by atoms with Crippen LogP contribution in [0.15, 0.2) is 24.3 Å². The van der Waals surface area contributed by atoms with Crippen LogP contribution in [-0.4, -0.2) is 30.6 Å². The summed E-state index contributed by atoms with van der Waals surface area (Å²) in [4.78, 5) is 24.2. The summed E-state index contributed by atoms with van der Waals surface area (Å²) in [6.07, 6.45) is 4.17. The number of methoxy groups -OCH3 is 1.